The fraction of sp³-hybridized carbons (Fsp3) is 0.0556. The summed E-state index contributed by atoms with van der Waals surface area (Å²) in [7, 11) is 0. The molecule has 4 nitrogen and oxygen atoms in total. The molecule has 0 radical (unpaired) electrons. The third kappa shape index (κ3) is 3.76. The van der Waals surface area contributed by atoms with Gasteiger partial charge in [0.25, 0.3) is 0 Å². The van der Waals surface area contributed by atoms with Gasteiger partial charge in [-0.05, 0) is 29.6 Å². The molecule has 1 aromatic carbocycles. The van der Waals surface area contributed by atoms with E-state index in [1.165, 1.54) is 34.4 Å². The molecule has 0 spiro atoms. The summed E-state index contributed by atoms with van der Waals surface area (Å²) in [6.07, 6.45) is -1.68. The van der Waals surface area contributed by atoms with Gasteiger partial charge in [-0.25, -0.2) is 15.0 Å². The molecule has 0 aliphatic heterocycles. The van der Waals surface area contributed by atoms with Crippen LogP contribution in [0.15, 0.2) is 54.3 Å². The summed E-state index contributed by atoms with van der Waals surface area (Å²) >= 11 is 13.4. The molecule has 0 amide bonds. The van der Waals surface area contributed by atoms with Gasteiger partial charge >= 0.3 is 6.18 Å². The van der Waals surface area contributed by atoms with E-state index in [-0.39, 0.29) is 16.7 Å². The van der Waals surface area contributed by atoms with Crippen molar-refractivity contribution in [2.45, 2.75) is 6.18 Å². The number of rotatable bonds is 3. The van der Waals surface area contributed by atoms with Gasteiger partial charge in [-0.3, -0.25) is 4.57 Å². The fourth-order valence-corrected chi connectivity index (χ4v) is 3.47. The van der Waals surface area contributed by atoms with Crippen molar-refractivity contribution < 1.29 is 13.2 Å². The molecule has 142 valence electrons. The minimum absolute atomic E-state index is 0.0715. The van der Waals surface area contributed by atoms with E-state index in [0.29, 0.717) is 16.3 Å². The fourth-order valence-electron chi connectivity index (χ4n) is 2.48. The lowest BCUT2D eigenvalue weighted by molar-refractivity contribution is -0.141. The van der Waals surface area contributed by atoms with E-state index in [0.717, 1.165) is 10.9 Å². The first-order valence-corrected chi connectivity index (χ1v) is 9.45. The maximum atomic E-state index is 13.4. The standard InChI is InChI=1S/C18H9Cl2F3N4S/c19-11-4-3-10(6-12(11)20)13-7-16(18(21,22)23)26-17(25-13)27-8-14(24-9-27)15-2-1-5-28-15/h1-9H. The highest BCUT2D eigenvalue weighted by atomic mass is 35.5. The van der Waals surface area contributed by atoms with Gasteiger partial charge in [0.2, 0.25) is 5.95 Å². The number of thiophene rings is 1. The zero-order valence-corrected chi connectivity index (χ0v) is 16.1. The number of nitrogens with zero attached hydrogens (tertiary/aromatic N) is 4. The lowest BCUT2D eigenvalue weighted by Gasteiger charge is -2.11. The number of benzene rings is 1. The SMILES string of the molecule is FC(F)(F)c1cc(-c2ccc(Cl)c(Cl)c2)nc(-n2cnc(-c3cccs3)c2)n1. The molecular formula is C18H9Cl2F3N4S. The molecule has 0 bridgehead atoms. The molecule has 0 saturated carbocycles. The predicted octanol–water partition coefficient (Wildman–Crippen LogP) is 6.38. The highest BCUT2D eigenvalue weighted by Crippen LogP contribution is 2.33. The average molecular weight is 441 g/mol. The Balaban J connectivity index is 1.84. The largest absolute Gasteiger partial charge is 0.433 e. The van der Waals surface area contributed by atoms with Crippen LogP contribution >= 0.6 is 34.5 Å². The summed E-state index contributed by atoms with van der Waals surface area (Å²) in [5, 5.41) is 2.40. The van der Waals surface area contributed by atoms with Gasteiger partial charge in [-0.1, -0.05) is 35.3 Å². The lowest BCUT2D eigenvalue weighted by atomic mass is 10.1. The first kappa shape index (κ1) is 18.9. The van der Waals surface area contributed by atoms with Crippen molar-refractivity contribution in [1.82, 2.24) is 19.5 Å². The second-order valence-electron chi connectivity index (χ2n) is 5.71. The van der Waals surface area contributed by atoms with Gasteiger partial charge in [-0.2, -0.15) is 13.2 Å². The minimum atomic E-state index is -4.64. The van der Waals surface area contributed by atoms with Crippen LogP contribution < -0.4 is 0 Å². The Kier molecular flexibility index (Phi) is 4.86. The van der Waals surface area contributed by atoms with E-state index in [1.54, 1.807) is 12.3 Å². The van der Waals surface area contributed by atoms with E-state index >= 15 is 0 Å². The number of aromatic nitrogens is 4. The van der Waals surface area contributed by atoms with Crippen molar-refractivity contribution in [3.8, 4) is 27.8 Å². The van der Waals surface area contributed by atoms with Gasteiger partial charge in [0.1, 0.15) is 6.33 Å². The third-order valence-corrected chi connectivity index (χ3v) is 5.44. The van der Waals surface area contributed by atoms with Crippen LogP contribution in [0.3, 0.4) is 0 Å². The number of hydrogen-bond acceptors (Lipinski definition) is 4. The van der Waals surface area contributed by atoms with E-state index in [1.807, 2.05) is 17.5 Å². The smallest absolute Gasteiger partial charge is 0.274 e. The molecule has 0 N–H and O–H groups in total. The molecule has 0 aliphatic rings. The molecule has 0 fully saturated rings. The highest BCUT2D eigenvalue weighted by molar-refractivity contribution is 7.13. The molecule has 0 atom stereocenters. The minimum Gasteiger partial charge on any atom is -0.274 e. The second-order valence-corrected chi connectivity index (χ2v) is 7.47. The Morgan fingerprint density at radius 1 is 0.964 bits per heavy atom. The Bertz CT molecular complexity index is 1140. The van der Waals surface area contributed by atoms with Gasteiger partial charge < -0.3 is 0 Å². The van der Waals surface area contributed by atoms with E-state index in [4.69, 9.17) is 23.2 Å². The zero-order chi connectivity index (χ0) is 19.9. The van der Waals surface area contributed by atoms with E-state index in [2.05, 4.69) is 15.0 Å². The molecule has 3 aromatic heterocycles. The van der Waals surface area contributed by atoms with Crippen LogP contribution in [-0.2, 0) is 6.18 Å². The molecule has 0 unspecified atom stereocenters. The van der Waals surface area contributed by atoms with Gasteiger partial charge in [-0.15, -0.1) is 11.3 Å². The van der Waals surface area contributed by atoms with Crippen molar-refractivity contribution in [2.75, 3.05) is 0 Å². The van der Waals surface area contributed by atoms with Crippen LogP contribution in [0.1, 0.15) is 5.69 Å². The summed E-state index contributed by atoms with van der Waals surface area (Å²) in [5.41, 5.74) is 0.0152. The zero-order valence-electron chi connectivity index (χ0n) is 13.8. The summed E-state index contributed by atoms with van der Waals surface area (Å²) in [6.45, 7) is 0. The van der Waals surface area contributed by atoms with E-state index in [9.17, 15) is 13.2 Å². The quantitative estimate of drug-likeness (QED) is 0.371. The Morgan fingerprint density at radius 3 is 2.46 bits per heavy atom. The number of imidazole rings is 1. The number of alkyl halides is 3. The molecule has 0 aliphatic carbocycles. The molecule has 28 heavy (non-hydrogen) atoms. The summed E-state index contributed by atoms with van der Waals surface area (Å²) in [4.78, 5) is 13.0. The molecular weight excluding hydrogens is 432 g/mol. The molecule has 10 heteroatoms. The van der Waals surface area contributed by atoms with Crippen LogP contribution in [0, 0.1) is 0 Å². The molecule has 3 heterocycles. The summed E-state index contributed by atoms with van der Waals surface area (Å²) in [5.74, 6) is -0.147. The van der Waals surface area contributed by atoms with Gasteiger partial charge in [0.15, 0.2) is 5.69 Å². The Morgan fingerprint density at radius 2 is 1.79 bits per heavy atom. The first-order valence-electron chi connectivity index (χ1n) is 7.81. The van der Waals surface area contributed by atoms with Crippen LogP contribution in [0.5, 0.6) is 0 Å². The normalized spacial score (nSPS) is 11.8. The third-order valence-electron chi connectivity index (χ3n) is 3.81. The maximum Gasteiger partial charge on any atom is 0.433 e. The molecule has 4 rings (SSSR count). The van der Waals surface area contributed by atoms with Crippen LogP contribution in [-0.4, -0.2) is 19.5 Å². The van der Waals surface area contributed by atoms with Gasteiger partial charge in [0.05, 0.1) is 26.3 Å². The lowest BCUT2D eigenvalue weighted by Crippen LogP contribution is -2.12. The average Bonchev–Trinajstić information content (AvgIpc) is 3.34. The summed E-state index contributed by atoms with van der Waals surface area (Å²) < 4.78 is 41.5. The van der Waals surface area contributed by atoms with Crippen LogP contribution in [0.4, 0.5) is 13.2 Å². The Labute approximate surface area is 171 Å². The second kappa shape index (κ2) is 7.20. The molecule has 4 aromatic rings. The van der Waals surface area contributed by atoms with Crippen molar-refractivity contribution in [3.05, 3.63) is 70.0 Å². The highest BCUT2D eigenvalue weighted by Gasteiger charge is 2.34. The van der Waals surface area contributed by atoms with Crippen LogP contribution in [0.2, 0.25) is 10.0 Å². The first-order chi connectivity index (χ1) is 13.3. The molecule has 0 saturated heterocycles. The number of halogens is 5. The van der Waals surface area contributed by atoms with Crippen molar-refractivity contribution in [3.63, 3.8) is 0 Å². The van der Waals surface area contributed by atoms with E-state index < -0.39 is 11.9 Å². The van der Waals surface area contributed by atoms with Crippen LogP contribution in [0.25, 0.3) is 27.8 Å². The topological polar surface area (TPSA) is 43.6 Å². The van der Waals surface area contributed by atoms with Crippen molar-refractivity contribution >= 4 is 34.5 Å². The predicted molar refractivity (Wildman–Crippen MR) is 103 cm³/mol. The maximum absolute atomic E-state index is 13.4. The monoisotopic (exact) mass is 440 g/mol. The van der Waals surface area contributed by atoms with Crippen molar-refractivity contribution in [2.24, 2.45) is 0 Å². The van der Waals surface area contributed by atoms with Gasteiger partial charge in [0, 0.05) is 11.8 Å². The van der Waals surface area contributed by atoms with Crippen molar-refractivity contribution in [1.29, 1.82) is 0 Å². The summed E-state index contributed by atoms with van der Waals surface area (Å²) in [6, 6.07) is 9.11. The number of hydrogen-bond donors (Lipinski definition) is 0. The Hall–Kier alpha value is -2.42.